The van der Waals surface area contributed by atoms with E-state index >= 15 is 4.79 Å². The summed E-state index contributed by atoms with van der Waals surface area (Å²) in [5.41, 5.74) is -0.246. The van der Waals surface area contributed by atoms with Gasteiger partial charge in [0.25, 0.3) is 0 Å². The van der Waals surface area contributed by atoms with Crippen molar-refractivity contribution >= 4 is 5.78 Å². The smallest absolute Gasteiger partial charge is 0.146 e. The Balaban J connectivity index is 1.72. The van der Waals surface area contributed by atoms with Gasteiger partial charge in [-0.25, -0.2) is 0 Å². The number of hydrogen-bond acceptors (Lipinski definition) is 3. The summed E-state index contributed by atoms with van der Waals surface area (Å²) < 4.78 is 12.2. The molecule has 3 nitrogen and oxygen atoms in total. The van der Waals surface area contributed by atoms with Crippen molar-refractivity contribution in [1.29, 1.82) is 0 Å². The molecule has 0 aromatic carbocycles. The fourth-order valence-corrected chi connectivity index (χ4v) is 10.5. The van der Waals surface area contributed by atoms with Gasteiger partial charge in [-0.1, -0.05) is 52.4 Å². The van der Waals surface area contributed by atoms with Gasteiger partial charge in [0.05, 0.1) is 12.2 Å². The number of rotatable bonds is 12. The Hall–Kier alpha value is -0.410. The van der Waals surface area contributed by atoms with E-state index in [1.165, 1.54) is 89.9 Å². The van der Waals surface area contributed by atoms with Crippen LogP contribution in [0.1, 0.15) is 156 Å². The molecular weight excluding hydrogens is 468 g/mol. The third kappa shape index (κ3) is 6.09. The van der Waals surface area contributed by atoms with Crippen molar-refractivity contribution in [2.24, 2.45) is 34.5 Å². The molecule has 4 aliphatic rings. The highest BCUT2D eigenvalue weighted by atomic mass is 16.5. The van der Waals surface area contributed by atoms with Gasteiger partial charge < -0.3 is 9.47 Å². The average molecular weight is 531 g/mol. The highest BCUT2D eigenvalue weighted by Crippen LogP contribution is 2.61. The van der Waals surface area contributed by atoms with Crippen LogP contribution in [0.15, 0.2) is 0 Å². The van der Waals surface area contributed by atoms with Crippen molar-refractivity contribution in [2.45, 2.75) is 168 Å². The number of ether oxygens (including phenoxy) is 2. The standard InChI is InChI=1S/C35H62O3/c1-5-34(27-15-11-9-12-16-27,29-19-23-31(24-20-29)37-7-3)33(36)35(6-2,28-17-13-10-14-18-28)30-21-25-32(26-22-30)38-8-4/h27-32H,5-26H2,1-4H3/t29-,30-,31-,32-,34?,35?. The van der Waals surface area contributed by atoms with E-state index in [0.29, 0.717) is 35.9 Å². The third-order valence-electron chi connectivity index (χ3n) is 12.3. The highest BCUT2D eigenvalue weighted by Gasteiger charge is 2.60. The minimum Gasteiger partial charge on any atom is -0.379 e. The Kier molecular flexibility index (Phi) is 11.6. The lowest BCUT2D eigenvalue weighted by Crippen LogP contribution is -2.58. The number of carbonyl (C=O) groups is 1. The molecule has 4 fully saturated rings. The van der Waals surface area contributed by atoms with E-state index in [-0.39, 0.29) is 10.8 Å². The van der Waals surface area contributed by atoms with Gasteiger partial charge in [0, 0.05) is 24.0 Å². The molecule has 0 aromatic heterocycles. The zero-order valence-corrected chi connectivity index (χ0v) is 25.7. The number of ketones is 1. The van der Waals surface area contributed by atoms with Crippen LogP contribution in [0.2, 0.25) is 0 Å². The summed E-state index contributed by atoms with van der Waals surface area (Å²) in [5, 5.41) is 0. The monoisotopic (exact) mass is 530 g/mol. The maximum absolute atomic E-state index is 15.9. The molecule has 38 heavy (non-hydrogen) atoms. The summed E-state index contributed by atoms with van der Waals surface area (Å²) in [7, 11) is 0. The van der Waals surface area contributed by atoms with E-state index in [4.69, 9.17) is 9.47 Å². The van der Waals surface area contributed by atoms with Crippen molar-refractivity contribution in [1.82, 2.24) is 0 Å². The molecule has 0 radical (unpaired) electrons. The number of carbonyl (C=O) groups excluding carboxylic acids is 1. The topological polar surface area (TPSA) is 35.5 Å². The molecule has 2 atom stereocenters. The Morgan fingerprint density at radius 3 is 1.11 bits per heavy atom. The molecule has 4 rings (SSSR count). The van der Waals surface area contributed by atoms with Crippen LogP contribution in [-0.4, -0.2) is 31.2 Å². The van der Waals surface area contributed by atoms with Crippen molar-refractivity contribution in [2.75, 3.05) is 13.2 Å². The molecule has 0 bridgehead atoms. The maximum atomic E-state index is 15.9. The van der Waals surface area contributed by atoms with Crippen LogP contribution in [0.4, 0.5) is 0 Å². The van der Waals surface area contributed by atoms with E-state index in [0.717, 1.165) is 57.5 Å². The van der Waals surface area contributed by atoms with Crippen LogP contribution >= 0.6 is 0 Å². The van der Waals surface area contributed by atoms with Crippen molar-refractivity contribution < 1.29 is 14.3 Å². The third-order valence-corrected chi connectivity index (χ3v) is 12.3. The second-order valence-corrected chi connectivity index (χ2v) is 13.6. The lowest BCUT2D eigenvalue weighted by Gasteiger charge is -2.57. The summed E-state index contributed by atoms with van der Waals surface area (Å²) in [4.78, 5) is 15.9. The second kappa shape index (κ2) is 14.5. The molecule has 4 saturated carbocycles. The van der Waals surface area contributed by atoms with Gasteiger partial charge in [-0.05, 0) is 127 Å². The minimum atomic E-state index is -0.123. The predicted octanol–water partition coefficient (Wildman–Crippen LogP) is 9.70. The van der Waals surface area contributed by atoms with Gasteiger partial charge in [0.2, 0.25) is 0 Å². The normalized spacial score (nSPS) is 33.4. The molecule has 0 heterocycles. The lowest BCUT2D eigenvalue weighted by atomic mass is 9.45. The van der Waals surface area contributed by atoms with Gasteiger partial charge in [-0.15, -0.1) is 0 Å². The summed E-state index contributed by atoms with van der Waals surface area (Å²) in [5.74, 6) is 3.06. The van der Waals surface area contributed by atoms with Crippen molar-refractivity contribution in [3.8, 4) is 0 Å². The zero-order chi connectivity index (χ0) is 27.0. The zero-order valence-electron chi connectivity index (χ0n) is 25.7. The van der Waals surface area contributed by atoms with Gasteiger partial charge in [0.1, 0.15) is 5.78 Å². The molecule has 220 valence electrons. The fourth-order valence-electron chi connectivity index (χ4n) is 10.5. The van der Waals surface area contributed by atoms with Crippen molar-refractivity contribution in [3.05, 3.63) is 0 Å². The molecule has 4 aliphatic carbocycles. The summed E-state index contributed by atoms with van der Waals surface area (Å²) >= 11 is 0. The summed E-state index contributed by atoms with van der Waals surface area (Å²) in [6.45, 7) is 10.7. The Labute approximate surface area is 236 Å². The number of Topliss-reactive ketones (excluding diaryl/α,β-unsaturated/α-hetero) is 1. The van der Waals surface area contributed by atoms with Gasteiger partial charge in [-0.3, -0.25) is 4.79 Å². The van der Waals surface area contributed by atoms with Gasteiger partial charge in [0.15, 0.2) is 0 Å². The first kappa shape index (κ1) is 30.5. The molecule has 3 heteroatoms. The SMILES string of the molecule is CCO[C@H]1CC[C@H](C(CC)(C(=O)C(CC)(C2CCCCC2)[C@H]2CC[C@H](OCC)CC2)C2CCCCC2)CC1. The first-order chi connectivity index (χ1) is 18.6. The predicted molar refractivity (Wildman–Crippen MR) is 158 cm³/mol. The van der Waals surface area contributed by atoms with Crippen LogP contribution in [0.5, 0.6) is 0 Å². The average Bonchev–Trinajstić information content (AvgIpc) is 2.97. The summed E-state index contributed by atoms with van der Waals surface area (Å²) in [6.07, 6.45) is 25.5. The maximum Gasteiger partial charge on any atom is 0.146 e. The molecular formula is C35H62O3. The van der Waals surface area contributed by atoms with Crippen LogP contribution in [0.25, 0.3) is 0 Å². The van der Waals surface area contributed by atoms with Crippen LogP contribution in [0.3, 0.4) is 0 Å². The van der Waals surface area contributed by atoms with Crippen LogP contribution in [0, 0.1) is 34.5 Å². The largest absolute Gasteiger partial charge is 0.379 e. The van der Waals surface area contributed by atoms with E-state index in [9.17, 15) is 0 Å². The quantitative estimate of drug-likeness (QED) is 0.252. The fraction of sp³-hybridized carbons (Fsp3) is 0.971. The van der Waals surface area contributed by atoms with Crippen molar-refractivity contribution in [3.63, 3.8) is 0 Å². The number of hydrogen-bond donors (Lipinski definition) is 0. The summed E-state index contributed by atoms with van der Waals surface area (Å²) in [6, 6.07) is 0. The van der Waals surface area contributed by atoms with Gasteiger partial charge >= 0.3 is 0 Å². The first-order valence-electron chi connectivity index (χ1n) is 17.3. The molecule has 0 spiro atoms. The molecule has 0 saturated heterocycles. The molecule has 0 amide bonds. The van der Waals surface area contributed by atoms with E-state index in [1.54, 1.807) is 0 Å². The molecule has 2 unspecified atom stereocenters. The first-order valence-corrected chi connectivity index (χ1v) is 17.3. The Morgan fingerprint density at radius 1 is 0.500 bits per heavy atom. The highest BCUT2D eigenvalue weighted by molar-refractivity contribution is 5.91. The molecule has 0 aromatic rings. The lowest BCUT2D eigenvalue weighted by molar-refractivity contribution is -0.164. The van der Waals surface area contributed by atoms with Gasteiger partial charge in [-0.2, -0.15) is 0 Å². The van der Waals surface area contributed by atoms with E-state index < -0.39 is 0 Å². The Morgan fingerprint density at radius 2 is 0.816 bits per heavy atom. The van der Waals surface area contributed by atoms with Crippen LogP contribution in [-0.2, 0) is 14.3 Å². The second-order valence-electron chi connectivity index (χ2n) is 13.6. The molecule has 0 N–H and O–H groups in total. The van der Waals surface area contributed by atoms with Crippen LogP contribution < -0.4 is 0 Å². The van der Waals surface area contributed by atoms with E-state index in [2.05, 4.69) is 27.7 Å². The minimum absolute atomic E-state index is 0.123. The Bertz CT molecular complexity index is 634. The molecule has 0 aliphatic heterocycles. The van der Waals surface area contributed by atoms with E-state index in [1.807, 2.05) is 0 Å².